The van der Waals surface area contributed by atoms with Crippen molar-refractivity contribution in [3.8, 4) is 0 Å². The Morgan fingerprint density at radius 1 is 1.05 bits per heavy atom. The first-order valence-electron chi connectivity index (χ1n) is 7.30. The Morgan fingerprint density at radius 3 is 2.37 bits per heavy atom. The Morgan fingerprint density at radius 2 is 1.74 bits per heavy atom. The van der Waals surface area contributed by atoms with Gasteiger partial charge in [-0.25, -0.2) is 0 Å². The highest BCUT2D eigenvalue weighted by molar-refractivity contribution is 4.88. The van der Waals surface area contributed by atoms with Crippen molar-refractivity contribution in [2.45, 2.75) is 64.1 Å². The molecule has 0 aromatic carbocycles. The summed E-state index contributed by atoms with van der Waals surface area (Å²) in [7, 11) is 1.56. The van der Waals surface area contributed by atoms with Crippen LogP contribution >= 0.6 is 0 Å². The number of unbranched alkanes of at least 4 members (excludes halogenated alkanes) is 2. The molecule has 1 N–H and O–H groups in total. The molecular formula is C14H28O5. The predicted octanol–water partition coefficient (Wildman–Crippen LogP) is 1.72. The maximum atomic E-state index is 9.81. The molecule has 0 spiro atoms. The lowest BCUT2D eigenvalue weighted by atomic mass is 10.1. The number of hydrogen-bond acceptors (Lipinski definition) is 5. The van der Waals surface area contributed by atoms with Gasteiger partial charge in [0.05, 0.1) is 6.61 Å². The molecule has 1 saturated heterocycles. The van der Waals surface area contributed by atoms with Crippen LogP contribution in [0.2, 0.25) is 0 Å². The van der Waals surface area contributed by atoms with Crippen LogP contribution in [0.5, 0.6) is 0 Å². The molecular weight excluding hydrogens is 248 g/mol. The molecule has 114 valence electrons. The van der Waals surface area contributed by atoms with E-state index in [-0.39, 0.29) is 12.2 Å². The highest BCUT2D eigenvalue weighted by atomic mass is 16.7. The fourth-order valence-electron chi connectivity index (χ4n) is 2.10. The van der Waals surface area contributed by atoms with Crippen molar-refractivity contribution in [2.24, 2.45) is 0 Å². The maximum absolute atomic E-state index is 9.81. The van der Waals surface area contributed by atoms with E-state index in [0.717, 1.165) is 25.7 Å². The first kappa shape index (κ1) is 16.9. The third-order valence-electron chi connectivity index (χ3n) is 3.29. The molecule has 0 saturated carbocycles. The molecule has 0 amide bonds. The number of rotatable bonds is 10. The van der Waals surface area contributed by atoms with Gasteiger partial charge < -0.3 is 24.1 Å². The van der Waals surface area contributed by atoms with Crippen LogP contribution in [0.3, 0.4) is 0 Å². The van der Waals surface area contributed by atoms with Crippen LogP contribution in [0, 0.1) is 0 Å². The number of aliphatic hydroxyl groups is 1. The van der Waals surface area contributed by atoms with E-state index in [1.807, 2.05) is 0 Å². The van der Waals surface area contributed by atoms with Crippen LogP contribution in [0.25, 0.3) is 0 Å². The zero-order valence-electron chi connectivity index (χ0n) is 12.3. The highest BCUT2D eigenvalue weighted by Gasteiger charge is 2.45. The molecule has 0 bridgehead atoms. The second-order valence-electron chi connectivity index (χ2n) is 4.88. The van der Waals surface area contributed by atoms with Crippen LogP contribution in [0.1, 0.15) is 39.5 Å². The molecule has 0 aromatic heterocycles. The molecule has 1 rings (SSSR count). The maximum Gasteiger partial charge on any atom is 0.184 e. The predicted molar refractivity (Wildman–Crippen MR) is 72.1 cm³/mol. The zero-order chi connectivity index (χ0) is 14.1. The molecule has 1 fully saturated rings. The molecule has 4 atom stereocenters. The van der Waals surface area contributed by atoms with Gasteiger partial charge in [0.2, 0.25) is 0 Å². The Hall–Kier alpha value is -0.200. The normalized spacial score (nSPS) is 30.9. The van der Waals surface area contributed by atoms with E-state index < -0.39 is 12.4 Å². The van der Waals surface area contributed by atoms with E-state index in [0.29, 0.717) is 19.8 Å². The second kappa shape index (κ2) is 9.66. The lowest BCUT2D eigenvalue weighted by molar-refractivity contribution is -0.143. The average molecular weight is 276 g/mol. The van der Waals surface area contributed by atoms with Gasteiger partial charge in [-0.15, -0.1) is 0 Å². The molecule has 0 unspecified atom stereocenters. The van der Waals surface area contributed by atoms with Crippen molar-refractivity contribution in [2.75, 3.05) is 26.9 Å². The summed E-state index contributed by atoms with van der Waals surface area (Å²) in [5, 5.41) is 9.81. The Kier molecular flexibility index (Phi) is 8.57. The van der Waals surface area contributed by atoms with Crippen LogP contribution in [-0.4, -0.2) is 56.6 Å². The summed E-state index contributed by atoms with van der Waals surface area (Å²) >= 11 is 0. The minimum atomic E-state index is -0.934. The summed E-state index contributed by atoms with van der Waals surface area (Å²) in [6.45, 7) is 6.04. The Bertz CT molecular complexity index is 224. The van der Waals surface area contributed by atoms with Crippen LogP contribution < -0.4 is 0 Å². The summed E-state index contributed by atoms with van der Waals surface area (Å²) in [6.07, 6.45) is 2.32. The SMILES string of the molecule is CCCCOC[C@H]1O[C@H](O)[C@H](OC)[C@@H]1OCCCC. The van der Waals surface area contributed by atoms with E-state index >= 15 is 0 Å². The molecule has 1 aliphatic rings. The molecule has 1 aliphatic heterocycles. The molecule has 1 heterocycles. The summed E-state index contributed by atoms with van der Waals surface area (Å²) in [4.78, 5) is 0. The van der Waals surface area contributed by atoms with Crippen molar-refractivity contribution in [3.05, 3.63) is 0 Å². The minimum absolute atomic E-state index is 0.256. The topological polar surface area (TPSA) is 57.2 Å². The lowest BCUT2D eigenvalue weighted by Crippen LogP contribution is -2.38. The average Bonchev–Trinajstić information content (AvgIpc) is 2.71. The highest BCUT2D eigenvalue weighted by Crippen LogP contribution is 2.25. The van der Waals surface area contributed by atoms with E-state index in [2.05, 4.69) is 13.8 Å². The van der Waals surface area contributed by atoms with Crippen molar-refractivity contribution < 1.29 is 24.1 Å². The number of aliphatic hydroxyl groups excluding tert-OH is 1. The molecule has 5 heteroatoms. The summed E-state index contributed by atoms with van der Waals surface area (Å²) in [5.74, 6) is 0. The smallest absolute Gasteiger partial charge is 0.184 e. The van der Waals surface area contributed by atoms with Gasteiger partial charge in [-0.1, -0.05) is 26.7 Å². The van der Waals surface area contributed by atoms with Gasteiger partial charge in [0.15, 0.2) is 6.29 Å². The molecule has 19 heavy (non-hydrogen) atoms. The third kappa shape index (κ3) is 5.36. The van der Waals surface area contributed by atoms with Crippen molar-refractivity contribution in [1.29, 1.82) is 0 Å². The van der Waals surface area contributed by atoms with E-state index in [9.17, 15) is 5.11 Å². The summed E-state index contributed by atoms with van der Waals surface area (Å²) < 4.78 is 22.1. The monoisotopic (exact) mass is 276 g/mol. The van der Waals surface area contributed by atoms with Gasteiger partial charge in [-0.3, -0.25) is 0 Å². The standard InChI is InChI=1S/C14H28O5/c1-4-6-8-17-10-11-12(18-9-7-5-2)13(16-3)14(15)19-11/h11-15H,4-10H2,1-3H3/t11-,12-,13-,14+/m1/s1. The Labute approximate surface area is 116 Å². The largest absolute Gasteiger partial charge is 0.379 e. The van der Waals surface area contributed by atoms with Gasteiger partial charge in [-0.05, 0) is 12.8 Å². The second-order valence-corrected chi connectivity index (χ2v) is 4.88. The number of methoxy groups -OCH3 is 1. The van der Waals surface area contributed by atoms with Crippen LogP contribution in [-0.2, 0) is 18.9 Å². The number of hydrogen-bond donors (Lipinski definition) is 1. The van der Waals surface area contributed by atoms with Gasteiger partial charge >= 0.3 is 0 Å². The van der Waals surface area contributed by atoms with Crippen LogP contribution in [0.4, 0.5) is 0 Å². The van der Waals surface area contributed by atoms with Crippen molar-refractivity contribution in [1.82, 2.24) is 0 Å². The van der Waals surface area contributed by atoms with Crippen LogP contribution in [0.15, 0.2) is 0 Å². The van der Waals surface area contributed by atoms with E-state index in [1.165, 1.54) is 0 Å². The van der Waals surface area contributed by atoms with Gasteiger partial charge in [0.1, 0.15) is 18.3 Å². The van der Waals surface area contributed by atoms with E-state index in [1.54, 1.807) is 7.11 Å². The third-order valence-corrected chi connectivity index (χ3v) is 3.29. The molecule has 0 aliphatic carbocycles. The van der Waals surface area contributed by atoms with Gasteiger partial charge in [0, 0.05) is 20.3 Å². The molecule has 0 radical (unpaired) electrons. The lowest BCUT2D eigenvalue weighted by Gasteiger charge is -2.22. The first-order valence-corrected chi connectivity index (χ1v) is 7.30. The van der Waals surface area contributed by atoms with Gasteiger partial charge in [0.25, 0.3) is 0 Å². The quantitative estimate of drug-likeness (QED) is 0.616. The Balaban J connectivity index is 2.41. The summed E-state index contributed by atoms with van der Waals surface area (Å²) in [6, 6.07) is 0. The molecule has 0 aromatic rings. The first-order chi connectivity index (χ1) is 9.24. The van der Waals surface area contributed by atoms with Gasteiger partial charge in [-0.2, -0.15) is 0 Å². The van der Waals surface area contributed by atoms with E-state index in [4.69, 9.17) is 18.9 Å². The fraction of sp³-hybridized carbons (Fsp3) is 1.00. The minimum Gasteiger partial charge on any atom is -0.379 e. The van der Waals surface area contributed by atoms with Crippen molar-refractivity contribution >= 4 is 0 Å². The zero-order valence-corrected chi connectivity index (χ0v) is 12.3. The molecule has 5 nitrogen and oxygen atoms in total. The number of ether oxygens (including phenoxy) is 4. The fourth-order valence-corrected chi connectivity index (χ4v) is 2.10. The summed E-state index contributed by atoms with van der Waals surface area (Å²) in [5.41, 5.74) is 0. The van der Waals surface area contributed by atoms with Crippen molar-refractivity contribution in [3.63, 3.8) is 0 Å².